The van der Waals surface area contributed by atoms with Crippen molar-refractivity contribution in [1.29, 1.82) is 0 Å². The van der Waals surface area contributed by atoms with E-state index in [-0.39, 0.29) is 11.2 Å². The summed E-state index contributed by atoms with van der Waals surface area (Å²) in [4.78, 5) is 29.5. The van der Waals surface area contributed by atoms with Crippen LogP contribution in [0.1, 0.15) is 30.2 Å². The van der Waals surface area contributed by atoms with Gasteiger partial charge in [-0.2, -0.15) is 0 Å². The molecule has 0 bridgehead atoms. The van der Waals surface area contributed by atoms with Crippen LogP contribution < -0.4 is 17.0 Å². The fraction of sp³-hybridized carbons (Fsp3) is 0.571. The standard InChI is InChI=1S/C14H19N3O2S/c1-8-3-4-9-10(7-8)20-12-11(9)13(18)17(6-2-5-15)14(19)16-12/h8H,2-7,15H2,1H3,(H,16,19). The predicted molar refractivity (Wildman–Crippen MR) is 81.6 cm³/mol. The van der Waals surface area contributed by atoms with Gasteiger partial charge in [-0.1, -0.05) is 6.92 Å². The Morgan fingerprint density at radius 3 is 3.00 bits per heavy atom. The van der Waals surface area contributed by atoms with Crippen LogP contribution in [0.3, 0.4) is 0 Å². The van der Waals surface area contributed by atoms with Crippen molar-refractivity contribution in [2.24, 2.45) is 11.7 Å². The van der Waals surface area contributed by atoms with Crippen LogP contribution in [0.5, 0.6) is 0 Å². The summed E-state index contributed by atoms with van der Waals surface area (Å²) >= 11 is 1.57. The first-order chi connectivity index (χ1) is 9.61. The van der Waals surface area contributed by atoms with Crippen molar-refractivity contribution < 1.29 is 0 Å². The number of H-pyrrole nitrogens is 1. The van der Waals surface area contributed by atoms with Crippen molar-refractivity contribution in [2.75, 3.05) is 6.54 Å². The molecule has 0 amide bonds. The molecule has 20 heavy (non-hydrogen) atoms. The minimum absolute atomic E-state index is 0.149. The lowest BCUT2D eigenvalue weighted by atomic mass is 9.89. The topological polar surface area (TPSA) is 80.9 Å². The minimum Gasteiger partial charge on any atom is -0.330 e. The maximum Gasteiger partial charge on any atom is 0.329 e. The number of hydrogen-bond acceptors (Lipinski definition) is 4. The number of aromatic amines is 1. The van der Waals surface area contributed by atoms with E-state index in [4.69, 9.17) is 5.73 Å². The molecule has 0 aromatic carbocycles. The zero-order valence-electron chi connectivity index (χ0n) is 11.6. The van der Waals surface area contributed by atoms with Gasteiger partial charge in [0.25, 0.3) is 5.56 Å². The monoisotopic (exact) mass is 293 g/mol. The van der Waals surface area contributed by atoms with E-state index >= 15 is 0 Å². The molecule has 2 aromatic heterocycles. The molecule has 2 aromatic rings. The Morgan fingerprint density at radius 1 is 1.45 bits per heavy atom. The van der Waals surface area contributed by atoms with Crippen molar-refractivity contribution in [3.8, 4) is 0 Å². The normalized spacial score (nSPS) is 18.4. The van der Waals surface area contributed by atoms with Crippen LogP contribution in [-0.2, 0) is 19.4 Å². The van der Waals surface area contributed by atoms with Gasteiger partial charge in [-0.15, -0.1) is 11.3 Å². The molecule has 6 heteroatoms. The van der Waals surface area contributed by atoms with Crippen LogP contribution in [0.2, 0.25) is 0 Å². The van der Waals surface area contributed by atoms with Gasteiger partial charge in [0.15, 0.2) is 0 Å². The summed E-state index contributed by atoms with van der Waals surface area (Å²) in [5.41, 5.74) is 6.16. The maximum absolute atomic E-state index is 12.6. The largest absolute Gasteiger partial charge is 0.330 e. The summed E-state index contributed by atoms with van der Waals surface area (Å²) in [6, 6.07) is 0. The molecule has 5 nitrogen and oxygen atoms in total. The second-order valence-corrected chi connectivity index (χ2v) is 6.69. The molecule has 2 heterocycles. The summed E-state index contributed by atoms with van der Waals surface area (Å²) < 4.78 is 1.29. The van der Waals surface area contributed by atoms with Crippen molar-refractivity contribution in [3.63, 3.8) is 0 Å². The van der Waals surface area contributed by atoms with Crippen LogP contribution in [0.25, 0.3) is 10.2 Å². The van der Waals surface area contributed by atoms with Gasteiger partial charge in [-0.05, 0) is 43.7 Å². The van der Waals surface area contributed by atoms with Gasteiger partial charge in [-0.3, -0.25) is 14.3 Å². The van der Waals surface area contributed by atoms with Crippen LogP contribution in [0, 0.1) is 5.92 Å². The van der Waals surface area contributed by atoms with E-state index < -0.39 is 0 Å². The van der Waals surface area contributed by atoms with E-state index in [2.05, 4.69) is 11.9 Å². The third-order valence-electron chi connectivity index (χ3n) is 4.02. The first-order valence-electron chi connectivity index (χ1n) is 7.09. The second kappa shape index (κ2) is 5.18. The van der Waals surface area contributed by atoms with E-state index in [1.54, 1.807) is 11.3 Å². The average molecular weight is 293 g/mol. The Bertz CT molecular complexity index is 756. The molecule has 0 aliphatic heterocycles. The SMILES string of the molecule is CC1CCc2c(sc3[nH]c(=O)n(CCCN)c(=O)c23)C1. The lowest BCUT2D eigenvalue weighted by Gasteiger charge is -2.17. The van der Waals surface area contributed by atoms with Gasteiger partial charge in [0.2, 0.25) is 0 Å². The minimum atomic E-state index is -0.317. The molecule has 0 radical (unpaired) electrons. The Labute approximate surface area is 120 Å². The molecule has 3 rings (SSSR count). The van der Waals surface area contributed by atoms with Gasteiger partial charge in [0, 0.05) is 11.4 Å². The summed E-state index contributed by atoms with van der Waals surface area (Å²) in [5, 5.41) is 0.730. The maximum atomic E-state index is 12.6. The third-order valence-corrected chi connectivity index (χ3v) is 5.19. The summed E-state index contributed by atoms with van der Waals surface area (Å²) in [5.74, 6) is 0.654. The van der Waals surface area contributed by atoms with Crippen molar-refractivity contribution in [2.45, 2.75) is 39.2 Å². The number of aryl methyl sites for hydroxylation is 1. The molecule has 1 aliphatic carbocycles. The first-order valence-corrected chi connectivity index (χ1v) is 7.91. The molecule has 1 unspecified atom stereocenters. The lowest BCUT2D eigenvalue weighted by molar-refractivity contribution is 0.509. The molecule has 0 fully saturated rings. The highest BCUT2D eigenvalue weighted by Crippen LogP contribution is 2.35. The van der Waals surface area contributed by atoms with Gasteiger partial charge in [0.05, 0.1) is 5.39 Å². The van der Waals surface area contributed by atoms with Crippen LogP contribution >= 0.6 is 11.3 Å². The quantitative estimate of drug-likeness (QED) is 0.893. The number of thiophene rings is 1. The molecule has 0 saturated heterocycles. The van der Waals surface area contributed by atoms with Gasteiger partial charge < -0.3 is 5.73 Å². The Hall–Kier alpha value is -1.40. The highest BCUT2D eigenvalue weighted by Gasteiger charge is 2.23. The fourth-order valence-electron chi connectivity index (χ4n) is 2.91. The molecule has 3 N–H and O–H groups in total. The highest BCUT2D eigenvalue weighted by molar-refractivity contribution is 7.18. The number of hydrogen-bond donors (Lipinski definition) is 2. The van der Waals surface area contributed by atoms with Gasteiger partial charge in [-0.25, -0.2) is 4.79 Å². The molecular formula is C14H19N3O2S. The molecule has 1 aliphatic rings. The number of fused-ring (bicyclic) bond motifs is 3. The highest BCUT2D eigenvalue weighted by atomic mass is 32.1. The van der Waals surface area contributed by atoms with E-state index in [0.29, 0.717) is 25.4 Å². The summed E-state index contributed by atoms with van der Waals surface area (Å²) in [6.07, 6.45) is 3.70. The molecule has 0 spiro atoms. The number of rotatable bonds is 3. The van der Waals surface area contributed by atoms with Crippen molar-refractivity contribution >= 4 is 21.6 Å². The molecule has 1 atom stereocenters. The van der Waals surface area contributed by atoms with Crippen molar-refractivity contribution in [3.05, 3.63) is 31.3 Å². The van der Waals surface area contributed by atoms with E-state index in [1.807, 2.05) is 0 Å². The Kier molecular flexibility index (Phi) is 3.52. The van der Waals surface area contributed by atoms with Crippen LogP contribution in [0.15, 0.2) is 9.59 Å². The predicted octanol–water partition coefficient (Wildman–Crippen LogP) is 1.22. The number of nitrogens with one attached hydrogen (secondary N) is 1. The summed E-state index contributed by atoms with van der Waals surface area (Å²) in [6.45, 7) is 3.10. The third kappa shape index (κ3) is 2.13. The Balaban J connectivity index is 2.21. The van der Waals surface area contributed by atoms with E-state index in [0.717, 1.165) is 35.0 Å². The van der Waals surface area contributed by atoms with E-state index in [9.17, 15) is 9.59 Å². The second-order valence-electron chi connectivity index (χ2n) is 5.59. The first kappa shape index (κ1) is 13.6. The fourth-order valence-corrected chi connectivity index (χ4v) is 4.30. The van der Waals surface area contributed by atoms with E-state index in [1.165, 1.54) is 9.44 Å². The molecular weight excluding hydrogens is 274 g/mol. The smallest absolute Gasteiger partial charge is 0.329 e. The molecule has 0 saturated carbocycles. The zero-order valence-corrected chi connectivity index (χ0v) is 12.4. The zero-order chi connectivity index (χ0) is 14.3. The number of nitrogens with zero attached hydrogens (tertiary/aromatic N) is 1. The molecule has 108 valence electrons. The average Bonchev–Trinajstić information content (AvgIpc) is 2.75. The van der Waals surface area contributed by atoms with Gasteiger partial charge in [0.1, 0.15) is 4.83 Å². The van der Waals surface area contributed by atoms with Crippen LogP contribution in [0.4, 0.5) is 0 Å². The lowest BCUT2D eigenvalue weighted by Crippen LogP contribution is -2.35. The van der Waals surface area contributed by atoms with Crippen molar-refractivity contribution in [1.82, 2.24) is 9.55 Å². The van der Waals surface area contributed by atoms with Crippen LogP contribution in [-0.4, -0.2) is 16.1 Å². The Morgan fingerprint density at radius 2 is 2.25 bits per heavy atom. The number of nitrogens with two attached hydrogens (primary N) is 1. The van der Waals surface area contributed by atoms with Gasteiger partial charge >= 0.3 is 5.69 Å². The number of aromatic nitrogens is 2. The summed E-state index contributed by atoms with van der Waals surface area (Å²) in [7, 11) is 0.